The van der Waals surface area contributed by atoms with Crippen LogP contribution in [0.1, 0.15) is 0 Å². The normalized spacial score (nSPS) is 8.17. The summed E-state index contributed by atoms with van der Waals surface area (Å²) in [7, 11) is 1.29. The third-order valence-corrected chi connectivity index (χ3v) is 0.486. The van der Waals surface area contributed by atoms with Crippen molar-refractivity contribution in [2.45, 2.75) is 0 Å². The molecule has 0 fully saturated rings. The Bertz CT molecular complexity index is 114. The van der Waals surface area contributed by atoms with Crippen molar-refractivity contribution < 1.29 is 8.72 Å². The maximum atomic E-state index is 11.5. The number of hydrogen-bond donors (Lipinski definition) is 0. The molecular formula is C3H2BFO. The van der Waals surface area contributed by atoms with E-state index in [0.29, 0.717) is 0 Å². The molecule has 0 aliphatic heterocycles. The van der Waals surface area contributed by atoms with Gasteiger partial charge in [0.15, 0.2) is 0 Å². The molecular weight excluding hydrogens is 81.8 g/mol. The quantitative estimate of drug-likeness (QED) is 0.452. The van der Waals surface area contributed by atoms with Gasteiger partial charge >= 0.3 is 33.9 Å². The van der Waals surface area contributed by atoms with Crippen LogP contribution < -0.4 is 0 Å². The van der Waals surface area contributed by atoms with Crippen LogP contribution in [-0.4, -0.2) is 7.13 Å². The molecule has 0 spiro atoms. The summed E-state index contributed by atoms with van der Waals surface area (Å²) in [5.41, 5.74) is 0. The van der Waals surface area contributed by atoms with E-state index < -0.39 is 6.01 Å². The first kappa shape index (κ1) is 3.59. The van der Waals surface area contributed by atoms with Gasteiger partial charge < -0.3 is 0 Å². The van der Waals surface area contributed by atoms with Crippen molar-refractivity contribution in [1.82, 2.24) is 0 Å². The SMILES string of the molecule is Fc1ccbo1. The van der Waals surface area contributed by atoms with E-state index in [-0.39, 0.29) is 0 Å². The molecule has 1 aromatic heterocycles. The van der Waals surface area contributed by atoms with E-state index in [2.05, 4.69) is 4.33 Å². The Hall–Kier alpha value is -0.595. The van der Waals surface area contributed by atoms with Gasteiger partial charge in [-0.25, -0.2) is 0 Å². The minimum atomic E-state index is -0.532. The van der Waals surface area contributed by atoms with E-state index >= 15 is 0 Å². The molecule has 0 unspecified atom stereocenters. The van der Waals surface area contributed by atoms with Gasteiger partial charge in [-0.1, -0.05) is 0 Å². The van der Waals surface area contributed by atoms with E-state index in [9.17, 15) is 4.39 Å². The average Bonchev–Trinajstić information content (AvgIpc) is 1.86. The summed E-state index contributed by atoms with van der Waals surface area (Å²) >= 11 is 0. The molecule has 0 saturated carbocycles. The van der Waals surface area contributed by atoms with Crippen molar-refractivity contribution in [3.05, 3.63) is 18.0 Å². The molecule has 1 aromatic rings. The fraction of sp³-hybridized carbons (Fsp3) is 0. The van der Waals surface area contributed by atoms with Crippen LogP contribution in [0.3, 0.4) is 0 Å². The molecule has 1 heterocycles. The van der Waals surface area contributed by atoms with Crippen LogP contribution in [0.4, 0.5) is 4.39 Å². The Morgan fingerprint density at radius 1 is 1.83 bits per heavy atom. The van der Waals surface area contributed by atoms with E-state index in [0.717, 1.165) is 0 Å². The van der Waals surface area contributed by atoms with Crippen LogP contribution in [-0.2, 0) is 0 Å². The fourth-order valence-corrected chi connectivity index (χ4v) is 0.259. The van der Waals surface area contributed by atoms with Gasteiger partial charge in [0.2, 0.25) is 0 Å². The van der Waals surface area contributed by atoms with Gasteiger partial charge in [-0.3, -0.25) is 0 Å². The average molecular weight is 83.9 g/mol. The molecule has 0 bridgehead atoms. The number of hydrogen-bond acceptors (Lipinski definition) is 1. The standard InChI is InChI=1S/C3H2BFO/c5-3-1-2-4-6-3/h1-2H. The summed E-state index contributed by atoms with van der Waals surface area (Å²) in [5, 5.41) is 0. The third-order valence-electron chi connectivity index (χ3n) is 0.486. The second-order valence-corrected chi connectivity index (χ2v) is 0.917. The monoisotopic (exact) mass is 84.0 g/mol. The summed E-state index contributed by atoms with van der Waals surface area (Å²) in [5.74, 6) is 1.50. The summed E-state index contributed by atoms with van der Waals surface area (Å²) in [4.78, 5) is 0. The van der Waals surface area contributed by atoms with E-state index in [4.69, 9.17) is 0 Å². The van der Waals surface area contributed by atoms with Crippen LogP contribution in [0.25, 0.3) is 0 Å². The minimum absolute atomic E-state index is 0.532. The molecule has 0 radical (unpaired) electrons. The molecule has 0 amide bonds. The van der Waals surface area contributed by atoms with Gasteiger partial charge in [0, 0.05) is 0 Å². The number of rotatable bonds is 0. The van der Waals surface area contributed by atoms with Crippen LogP contribution in [0.5, 0.6) is 0 Å². The van der Waals surface area contributed by atoms with Crippen LogP contribution in [0.15, 0.2) is 16.4 Å². The summed E-state index contributed by atoms with van der Waals surface area (Å²) in [6, 6.07) is 0.718. The summed E-state index contributed by atoms with van der Waals surface area (Å²) in [6.07, 6.45) is 0. The summed E-state index contributed by atoms with van der Waals surface area (Å²) < 4.78 is 15.7. The molecule has 0 aromatic carbocycles. The summed E-state index contributed by atoms with van der Waals surface area (Å²) in [6.45, 7) is 0. The topological polar surface area (TPSA) is 13.1 Å². The van der Waals surface area contributed by atoms with Crippen LogP contribution >= 0.6 is 0 Å². The van der Waals surface area contributed by atoms with E-state index in [1.807, 2.05) is 0 Å². The molecule has 1 nitrogen and oxygen atoms in total. The predicted octanol–water partition coefficient (Wildman–Crippen LogP) is 0.757. The first-order chi connectivity index (χ1) is 2.89. The molecule has 0 aliphatic carbocycles. The Kier molecular flexibility index (Phi) is 0.745. The van der Waals surface area contributed by atoms with Crippen LogP contribution in [0.2, 0.25) is 0 Å². The Morgan fingerprint density at radius 2 is 2.67 bits per heavy atom. The van der Waals surface area contributed by atoms with Crippen LogP contribution in [0, 0.1) is 6.01 Å². The van der Waals surface area contributed by atoms with Gasteiger partial charge in [0.05, 0.1) is 0 Å². The van der Waals surface area contributed by atoms with Crippen molar-refractivity contribution in [2.75, 3.05) is 0 Å². The first-order valence-electron chi connectivity index (χ1n) is 1.58. The maximum absolute atomic E-state index is 11.5. The molecule has 3 heteroatoms. The second kappa shape index (κ2) is 1.24. The fourth-order valence-electron chi connectivity index (χ4n) is 0.259. The zero-order valence-electron chi connectivity index (χ0n) is 3.02. The third kappa shape index (κ3) is 0.480. The van der Waals surface area contributed by atoms with Gasteiger partial charge in [-0.15, -0.1) is 0 Å². The molecule has 1 rings (SSSR count). The van der Waals surface area contributed by atoms with Crippen molar-refractivity contribution in [1.29, 1.82) is 0 Å². The Morgan fingerprint density at radius 3 is 2.83 bits per heavy atom. The van der Waals surface area contributed by atoms with E-state index in [1.165, 1.54) is 19.2 Å². The Labute approximate surface area is 35.0 Å². The van der Waals surface area contributed by atoms with Gasteiger partial charge in [0.25, 0.3) is 0 Å². The second-order valence-electron chi connectivity index (χ2n) is 0.917. The first-order valence-corrected chi connectivity index (χ1v) is 1.58. The zero-order chi connectivity index (χ0) is 4.41. The van der Waals surface area contributed by atoms with Gasteiger partial charge in [0.1, 0.15) is 0 Å². The molecule has 0 aliphatic rings. The molecule has 0 N–H and O–H groups in total. The van der Waals surface area contributed by atoms with E-state index in [1.54, 1.807) is 0 Å². The molecule has 6 heavy (non-hydrogen) atoms. The van der Waals surface area contributed by atoms with Gasteiger partial charge in [-0.2, -0.15) is 0 Å². The predicted molar refractivity (Wildman–Crippen MR) is 20.0 cm³/mol. The van der Waals surface area contributed by atoms with Crippen molar-refractivity contribution in [3.63, 3.8) is 0 Å². The van der Waals surface area contributed by atoms with Crippen molar-refractivity contribution >= 4 is 7.13 Å². The molecule has 0 saturated heterocycles. The zero-order valence-corrected chi connectivity index (χ0v) is 3.02. The number of halogens is 1. The molecule has 30 valence electrons. The Balaban J connectivity index is 3.05. The molecule has 0 atom stereocenters. The van der Waals surface area contributed by atoms with Gasteiger partial charge in [-0.05, 0) is 0 Å². The van der Waals surface area contributed by atoms with Crippen molar-refractivity contribution in [3.8, 4) is 0 Å². The van der Waals surface area contributed by atoms with Crippen molar-refractivity contribution in [2.24, 2.45) is 0 Å².